The minimum atomic E-state index is -0.515. The topological polar surface area (TPSA) is 60.4 Å². The van der Waals surface area contributed by atoms with Gasteiger partial charge in [-0.05, 0) is 42.4 Å². The summed E-state index contributed by atoms with van der Waals surface area (Å²) in [4.78, 5) is 2.26. The molecule has 2 aromatic rings. The molecular formula is C27H35NO5. The monoisotopic (exact) mass is 453 g/mol. The second kappa shape index (κ2) is 11.1. The Morgan fingerprint density at radius 3 is 2.45 bits per heavy atom. The first-order valence-corrected chi connectivity index (χ1v) is 11.7. The summed E-state index contributed by atoms with van der Waals surface area (Å²) in [5.41, 5.74) is 4.82. The second-order valence-corrected chi connectivity index (χ2v) is 8.71. The molecule has 6 nitrogen and oxygen atoms in total. The molecule has 1 N–H and O–H groups in total. The molecule has 0 fully saturated rings. The highest BCUT2D eigenvalue weighted by atomic mass is 16.5. The van der Waals surface area contributed by atoms with Crippen molar-refractivity contribution in [3.05, 3.63) is 59.2 Å². The van der Waals surface area contributed by atoms with Crippen molar-refractivity contribution >= 4 is 5.57 Å². The van der Waals surface area contributed by atoms with Crippen LogP contribution in [0.4, 0.5) is 0 Å². The molecule has 0 radical (unpaired) electrons. The third kappa shape index (κ3) is 5.52. The Morgan fingerprint density at radius 2 is 1.79 bits per heavy atom. The lowest BCUT2D eigenvalue weighted by molar-refractivity contribution is -0.0272. The highest BCUT2D eigenvalue weighted by Crippen LogP contribution is 2.41. The van der Waals surface area contributed by atoms with Crippen LogP contribution in [-0.4, -0.2) is 63.7 Å². The van der Waals surface area contributed by atoms with Crippen LogP contribution in [0, 0.1) is 0 Å². The van der Waals surface area contributed by atoms with E-state index in [0.717, 1.165) is 55.8 Å². The van der Waals surface area contributed by atoms with E-state index in [1.165, 1.54) is 16.7 Å². The number of fused-ring (bicyclic) bond motifs is 1. The largest absolute Gasteiger partial charge is 0.496 e. The summed E-state index contributed by atoms with van der Waals surface area (Å²) in [5, 5.41) is 10.6. The summed E-state index contributed by atoms with van der Waals surface area (Å²) >= 11 is 0. The summed E-state index contributed by atoms with van der Waals surface area (Å²) in [7, 11) is 4.96. The molecule has 0 bridgehead atoms. The number of benzene rings is 2. The molecular weight excluding hydrogens is 418 g/mol. The summed E-state index contributed by atoms with van der Waals surface area (Å²) in [6.45, 7) is 2.56. The van der Waals surface area contributed by atoms with Gasteiger partial charge in [0.2, 0.25) is 0 Å². The highest BCUT2D eigenvalue weighted by Gasteiger charge is 2.24. The molecule has 1 heterocycles. The van der Waals surface area contributed by atoms with Crippen LogP contribution in [0.3, 0.4) is 0 Å². The van der Waals surface area contributed by atoms with E-state index in [9.17, 15) is 5.11 Å². The Morgan fingerprint density at radius 1 is 1.03 bits per heavy atom. The van der Waals surface area contributed by atoms with Gasteiger partial charge in [0.05, 0.1) is 45.7 Å². The molecule has 6 heteroatoms. The van der Waals surface area contributed by atoms with E-state index in [2.05, 4.69) is 35.2 Å². The summed E-state index contributed by atoms with van der Waals surface area (Å²) in [6.07, 6.45) is 5.89. The first-order valence-electron chi connectivity index (χ1n) is 11.7. The van der Waals surface area contributed by atoms with Gasteiger partial charge in [0, 0.05) is 31.8 Å². The normalized spacial score (nSPS) is 19.4. The predicted octanol–water partition coefficient (Wildman–Crippen LogP) is 4.26. The molecule has 178 valence electrons. The zero-order valence-electron chi connectivity index (χ0n) is 19.9. The van der Waals surface area contributed by atoms with Crippen molar-refractivity contribution < 1.29 is 24.1 Å². The van der Waals surface area contributed by atoms with Crippen molar-refractivity contribution in [2.45, 2.75) is 37.9 Å². The van der Waals surface area contributed by atoms with Gasteiger partial charge in [0.1, 0.15) is 17.2 Å². The average Bonchev–Trinajstić information content (AvgIpc) is 2.87. The van der Waals surface area contributed by atoms with E-state index in [1.807, 2.05) is 12.1 Å². The Bertz CT molecular complexity index is 948. The molecule has 4 rings (SSSR count). The van der Waals surface area contributed by atoms with E-state index in [1.54, 1.807) is 21.3 Å². The van der Waals surface area contributed by atoms with Gasteiger partial charge in [0.15, 0.2) is 0 Å². The molecule has 1 aliphatic carbocycles. The van der Waals surface area contributed by atoms with Crippen LogP contribution in [-0.2, 0) is 11.2 Å². The fourth-order valence-electron chi connectivity index (χ4n) is 4.89. The number of β-amino-alcohol motifs (C(OH)–C–C–N with tert-alkyl or cyclic N) is 1. The summed E-state index contributed by atoms with van der Waals surface area (Å²) in [5.74, 6) is 2.19. The van der Waals surface area contributed by atoms with Crippen LogP contribution >= 0.6 is 0 Å². The van der Waals surface area contributed by atoms with Crippen molar-refractivity contribution in [2.24, 2.45) is 0 Å². The maximum atomic E-state index is 10.6. The zero-order valence-corrected chi connectivity index (χ0v) is 19.9. The third-order valence-electron chi connectivity index (χ3n) is 6.60. The molecule has 33 heavy (non-hydrogen) atoms. The van der Waals surface area contributed by atoms with Gasteiger partial charge < -0.3 is 24.1 Å². The van der Waals surface area contributed by atoms with Crippen LogP contribution in [0.25, 0.3) is 5.57 Å². The maximum Gasteiger partial charge on any atom is 0.133 e. The van der Waals surface area contributed by atoms with Gasteiger partial charge in [-0.25, -0.2) is 0 Å². The Labute approximate surface area is 196 Å². The molecule has 0 saturated carbocycles. The number of hydrogen-bond donors (Lipinski definition) is 1. The minimum Gasteiger partial charge on any atom is -0.496 e. The van der Waals surface area contributed by atoms with Crippen molar-refractivity contribution in [3.63, 3.8) is 0 Å². The Kier molecular flexibility index (Phi) is 7.91. The van der Waals surface area contributed by atoms with Gasteiger partial charge in [-0.3, -0.25) is 4.90 Å². The first kappa shape index (κ1) is 23.6. The maximum absolute atomic E-state index is 10.6. The first-order chi connectivity index (χ1) is 16.1. The fourth-order valence-corrected chi connectivity index (χ4v) is 4.89. The molecule has 2 aliphatic rings. The van der Waals surface area contributed by atoms with Crippen LogP contribution in [0.15, 0.2) is 42.5 Å². The smallest absolute Gasteiger partial charge is 0.133 e. The van der Waals surface area contributed by atoms with Crippen molar-refractivity contribution in [1.29, 1.82) is 0 Å². The van der Waals surface area contributed by atoms with Gasteiger partial charge in [-0.15, -0.1) is 0 Å². The van der Waals surface area contributed by atoms with Crippen molar-refractivity contribution in [3.8, 4) is 17.2 Å². The number of ether oxygens (including phenoxy) is 4. The van der Waals surface area contributed by atoms with Gasteiger partial charge in [-0.2, -0.15) is 0 Å². The quantitative estimate of drug-likeness (QED) is 0.612. The zero-order chi connectivity index (χ0) is 23.2. The molecule has 1 aliphatic heterocycles. The number of nitrogens with zero attached hydrogens (tertiary/aromatic N) is 1. The highest BCUT2D eigenvalue weighted by molar-refractivity contribution is 5.77. The van der Waals surface area contributed by atoms with Gasteiger partial charge >= 0.3 is 0 Å². The lowest BCUT2D eigenvalue weighted by Crippen LogP contribution is -2.37. The summed E-state index contributed by atoms with van der Waals surface area (Å²) < 4.78 is 22.7. The van der Waals surface area contributed by atoms with E-state index in [0.29, 0.717) is 18.9 Å². The molecule has 0 aromatic heterocycles. The number of methoxy groups -OCH3 is 3. The van der Waals surface area contributed by atoms with Crippen LogP contribution in [0.1, 0.15) is 42.1 Å². The van der Waals surface area contributed by atoms with Crippen LogP contribution < -0.4 is 14.2 Å². The average molecular weight is 454 g/mol. The Balaban J connectivity index is 1.34. The van der Waals surface area contributed by atoms with E-state index < -0.39 is 6.10 Å². The molecule has 2 aromatic carbocycles. The van der Waals surface area contributed by atoms with Gasteiger partial charge in [-0.1, -0.05) is 30.3 Å². The van der Waals surface area contributed by atoms with Crippen molar-refractivity contribution in [1.82, 2.24) is 4.90 Å². The molecule has 2 atom stereocenters. The van der Waals surface area contributed by atoms with E-state index >= 15 is 0 Å². The predicted molar refractivity (Wildman–Crippen MR) is 129 cm³/mol. The Hall–Kier alpha value is -2.54. The number of aryl methyl sites for hydroxylation is 1. The number of rotatable bonds is 9. The minimum absolute atomic E-state index is 0.0902. The van der Waals surface area contributed by atoms with Crippen molar-refractivity contribution in [2.75, 3.05) is 47.6 Å². The lowest BCUT2D eigenvalue weighted by Gasteiger charge is -2.30. The SMILES string of the molecule is COc1cc(OC)c(C2=CCN(C[C@H](O)CO[C@H]3CCCc4ccccc43)CC2)c(OC)c1. The van der Waals surface area contributed by atoms with Crippen LogP contribution in [0.5, 0.6) is 17.2 Å². The third-order valence-corrected chi connectivity index (χ3v) is 6.60. The molecule has 0 unspecified atom stereocenters. The standard InChI is InChI=1S/C27H35NO5/c1-30-22-15-25(31-2)27(26(16-22)32-3)20-11-13-28(14-12-20)17-21(29)18-33-24-10-6-8-19-7-4-5-9-23(19)24/h4-5,7,9,11,15-16,21,24,29H,6,8,10,12-14,17-18H2,1-3H3/t21-,24-/m0/s1. The number of hydrogen-bond acceptors (Lipinski definition) is 6. The summed E-state index contributed by atoms with van der Waals surface area (Å²) in [6, 6.07) is 12.3. The number of aliphatic hydroxyl groups excluding tert-OH is 1. The molecule has 0 spiro atoms. The lowest BCUT2D eigenvalue weighted by atomic mass is 9.89. The van der Waals surface area contributed by atoms with E-state index in [4.69, 9.17) is 18.9 Å². The van der Waals surface area contributed by atoms with Crippen LogP contribution in [0.2, 0.25) is 0 Å². The molecule has 0 amide bonds. The van der Waals surface area contributed by atoms with Gasteiger partial charge in [0.25, 0.3) is 0 Å². The van der Waals surface area contributed by atoms with E-state index in [-0.39, 0.29) is 6.10 Å². The number of aliphatic hydroxyl groups is 1. The molecule has 0 saturated heterocycles. The second-order valence-electron chi connectivity index (χ2n) is 8.71. The fraction of sp³-hybridized carbons (Fsp3) is 0.481.